The molecule has 0 spiro atoms. The highest BCUT2D eigenvalue weighted by atomic mass is 127. The Morgan fingerprint density at radius 2 is 2.00 bits per heavy atom. The summed E-state index contributed by atoms with van der Waals surface area (Å²) in [5.41, 5.74) is 9.80. The molecular formula is C9H10F3IN4O. The van der Waals surface area contributed by atoms with E-state index in [9.17, 15) is 13.2 Å². The van der Waals surface area contributed by atoms with Crippen LogP contribution in [0.5, 0.6) is 0 Å². The van der Waals surface area contributed by atoms with E-state index in [1.165, 1.54) is 16.5 Å². The Labute approximate surface area is 115 Å². The zero-order chi connectivity index (χ0) is 13.9. The molecule has 1 rings (SSSR count). The third-order valence-electron chi connectivity index (χ3n) is 1.90. The van der Waals surface area contributed by atoms with Crippen LogP contribution in [0, 0.1) is 0 Å². The highest BCUT2D eigenvalue weighted by Crippen LogP contribution is 2.37. The number of alkyl halides is 3. The largest absolute Gasteiger partial charge is 0.416 e. The molecule has 0 radical (unpaired) electrons. The summed E-state index contributed by atoms with van der Waals surface area (Å²) in [7, 11) is 1.36. The second kappa shape index (κ2) is 5.61. The number of rotatable bonds is 3. The molecule has 100 valence electrons. The van der Waals surface area contributed by atoms with Crippen molar-refractivity contribution in [3.05, 3.63) is 23.8 Å². The van der Waals surface area contributed by atoms with E-state index in [-0.39, 0.29) is 11.6 Å². The highest BCUT2D eigenvalue weighted by Gasteiger charge is 2.31. The van der Waals surface area contributed by atoms with Gasteiger partial charge in [-0.25, -0.2) is 4.99 Å². The van der Waals surface area contributed by atoms with Gasteiger partial charge in [0.05, 0.1) is 41.2 Å². The normalized spacial score (nSPS) is 11.2. The van der Waals surface area contributed by atoms with E-state index in [0.717, 1.165) is 12.1 Å². The third kappa shape index (κ3) is 3.63. The second-order valence-electron chi connectivity index (χ2n) is 3.17. The predicted octanol–water partition coefficient (Wildman–Crippen LogP) is 2.33. The van der Waals surface area contributed by atoms with Crippen LogP contribution >= 0.6 is 22.9 Å². The van der Waals surface area contributed by atoms with Crippen molar-refractivity contribution in [1.82, 2.24) is 0 Å². The molecule has 18 heavy (non-hydrogen) atoms. The van der Waals surface area contributed by atoms with Crippen LogP contribution in [0.15, 0.2) is 23.2 Å². The van der Waals surface area contributed by atoms with Crippen molar-refractivity contribution in [3.63, 3.8) is 0 Å². The van der Waals surface area contributed by atoms with Gasteiger partial charge in [-0.15, -0.1) is 0 Å². The van der Waals surface area contributed by atoms with Crippen molar-refractivity contribution in [2.24, 2.45) is 16.5 Å². The van der Waals surface area contributed by atoms with Crippen molar-refractivity contribution >= 4 is 40.2 Å². The number of guanidine groups is 1. The fraction of sp³-hybridized carbons (Fsp3) is 0.222. The van der Waals surface area contributed by atoms with E-state index in [1.807, 2.05) is 0 Å². The maximum absolute atomic E-state index is 12.6. The molecule has 0 aliphatic rings. The molecule has 0 saturated carbocycles. The van der Waals surface area contributed by atoms with Crippen molar-refractivity contribution < 1.29 is 18.0 Å². The Bertz CT molecular complexity index is 460. The maximum Gasteiger partial charge on any atom is 0.416 e. The Balaban J connectivity index is 3.34. The lowest BCUT2D eigenvalue weighted by molar-refractivity contribution is -0.137. The molecule has 0 aliphatic heterocycles. The smallest absolute Gasteiger partial charge is 0.370 e. The van der Waals surface area contributed by atoms with Gasteiger partial charge in [0.1, 0.15) is 5.69 Å². The van der Waals surface area contributed by atoms with Gasteiger partial charge in [0.15, 0.2) is 5.96 Å². The summed E-state index contributed by atoms with van der Waals surface area (Å²) >= 11 is 1.76. The van der Waals surface area contributed by atoms with Crippen LogP contribution in [-0.4, -0.2) is 13.1 Å². The summed E-state index contributed by atoms with van der Waals surface area (Å²) in [6, 6.07) is 2.99. The summed E-state index contributed by atoms with van der Waals surface area (Å²) in [5.74, 6) is -0.337. The predicted molar refractivity (Wildman–Crippen MR) is 70.4 cm³/mol. The molecule has 0 aromatic heterocycles. The molecule has 0 amide bonds. The number of anilines is 1. The van der Waals surface area contributed by atoms with Crippen molar-refractivity contribution in [2.45, 2.75) is 6.18 Å². The monoisotopic (exact) mass is 374 g/mol. The zero-order valence-corrected chi connectivity index (χ0v) is 11.4. The van der Waals surface area contributed by atoms with Gasteiger partial charge in [0.2, 0.25) is 0 Å². The third-order valence-corrected chi connectivity index (χ3v) is 2.82. The van der Waals surface area contributed by atoms with Crippen LogP contribution in [0.3, 0.4) is 0 Å². The Morgan fingerprint density at radius 1 is 1.39 bits per heavy atom. The molecular weight excluding hydrogens is 364 g/mol. The minimum Gasteiger partial charge on any atom is -0.370 e. The molecule has 0 atom stereocenters. The first kappa shape index (κ1) is 14.8. The summed E-state index contributed by atoms with van der Waals surface area (Å²) in [6.07, 6.45) is -4.46. The summed E-state index contributed by atoms with van der Waals surface area (Å²) < 4.78 is 38.9. The zero-order valence-electron chi connectivity index (χ0n) is 9.20. The van der Waals surface area contributed by atoms with Gasteiger partial charge in [0.25, 0.3) is 0 Å². The number of halogens is 4. The molecule has 4 N–H and O–H groups in total. The Hall–Kier alpha value is -1.23. The van der Waals surface area contributed by atoms with Gasteiger partial charge in [-0.2, -0.15) is 16.4 Å². The first-order valence-electron chi connectivity index (χ1n) is 4.56. The molecule has 0 aliphatic carbocycles. The van der Waals surface area contributed by atoms with Crippen molar-refractivity contribution in [2.75, 3.05) is 10.4 Å². The fourth-order valence-corrected chi connectivity index (χ4v) is 1.58. The van der Waals surface area contributed by atoms with Crippen LogP contribution in [0.1, 0.15) is 5.56 Å². The Morgan fingerprint density at radius 3 is 2.44 bits per heavy atom. The van der Waals surface area contributed by atoms with Crippen molar-refractivity contribution in [3.8, 4) is 0 Å². The lowest BCUT2D eigenvalue weighted by Crippen LogP contribution is -2.22. The molecule has 1 aromatic rings. The van der Waals surface area contributed by atoms with Gasteiger partial charge in [-0.1, -0.05) is 0 Å². The van der Waals surface area contributed by atoms with Crippen LogP contribution < -0.4 is 14.7 Å². The molecule has 0 heterocycles. The number of benzene rings is 1. The maximum atomic E-state index is 12.6. The highest BCUT2D eigenvalue weighted by molar-refractivity contribution is 14.1. The summed E-state index contributed by atoms with van der Waals surface area (Å²) in [5, 5.41) is 0. The number of aliphatic imine (C=N–C) groups is 1. The number of nitrogens with zero attached hydrogens (tertiary/aromatic N) is 2. The van der Waals surface area contributed by atoms with E-state index >= 15 is 0 Å². The average Bonchev–Trinajstić information content (AvgIpc) is 2.26. The van der Waals surface area contributed by atoms with Gasteiger partial charge >= 0.3 is 6.18 Å². The lowest BCUT2D eigenvalue weighted by Gasteiger charge is -2.17. The number of hydrogen-bond donors (Lipinski definition) is 2. The first-order valence-corrected chi connectivity index (χ1v) is 5.53. The number of nitrogens with two attached hydrogens (primary N) is 2. The molecule has 9 heteroatoms. The topological polar surface area (TPSA) is 76.9 Å². The van der Waals surface area contributed by atoms with Crippen molar-refractivity contribution in [1.29, 1.82) is 0 Å². The molecule has 0 bridgehead atoms. The molecule has 1 aromatic carbocycles. The van der Waals surface area contributed by atoms with Gasteiger partial charge in [0, 0.05) is 0 Å². The minimum absolute atomic E-state index is 0.0268. The summed E-state index contributed by atoms with van der Waals surface area (Å²) in [4.78, 5) is 8.52. The SMILES string of the molecule is CON(I)c1ccc(C(F)(F)F)cc1N=C(N)N. The molecule has 0 unspecified atom stereocenters. The van der Waals surface area contributed by atoms with E-state index in [0.29, 0.717) is 5.69 Å². The number of hydrogen-bond acceptors (Lipinski definition) is 3. The first-order chi connectivity index (χ1) is 8.25. The molecule has 0 saturated heterocycles. The molecule has 0 fully saturated rings. The standard InChI is InChI=1S/C9H10F3IN4O/c1-18-17(13)7-3-2-5(9(10,11)12)4-6(7)16-8(14)15/h2-4H,1H3,(H4,14,15,16). The average molecular weight is 374 g/mol. The van der Waals surface area contributed by atoms with Crippen LogP contribution in [0.25, 0.3) is 0 Å². The lowest BCUT2D eigenvalue weighted by atomic mass is 10.1. The quantitative estimate of drug-likeness (QED) is 0.280. The second-order valence-corrected chi connectivity index (χ2v) is 4.04. The Kier molecular flexibility index (Phi) is 4.62. The summed E-state index contributed by atoms with van der Waals surface area (Å²) in [6.45, 7) is 0. The van der Waals surface area contributed by atoms with Crippen LogP contribution in [-0.2, 0) is 11.0 Å². The van der Waals surface area contributed by atoms with E-state index in [1.54, 1.807) is 22.9 Å². The fourth-order valence-electron chi connectivity index (χ4n) is 1.18. The van der Waals surface area contributed by atoms with E-state index in [2.05, 4.69) is 4.99 Å². The molecule has 5 nitrogen and oxygen atoms in total. The van der Waals surface area contributed by atoms with Gasteiger partial charge in [-0.3, -0.25) is 4.84 Å². The van der Waals surface area contributed by atoms with E-state index in [4.69, 9.17) is 16.3 Å². The van der Waals surface area contributed by atoms with Gasteiger partial charge < -0.3 is 11.5 Å². The van der Waals surface area contributed by atoms with Crippen LogP contribution in [0.4, 0.5) is 24.5 Å². The van der Waals surface area contributed by atoms with Gasteiger partial charge in [-0.05, 0) is 18.2 Å². The van der Waals surface area contributed by atoms with Crippen LogP contribution in [0.2, 0.25) is 0 Å². The minimum atomic E-state index is -4.46. The van der Waals surface area contributed by atoms with E-state index < -0.39 is 11.7 Å².